The molecule has 8 nitrogen and oxygen atoms in total. The number of hydrogen-bond donors (Lipinski definition) is 1. The number of carbonyl (C=O) groups is 2. The van der Waals surface area contributed by atoms with Crippen LogP contribution in [0.3, 0.4) is 0 Å². The van der Waals surface area contributed by atoms with E-state index in [1.54, 1.807) is 24.2 Å². The molecule has 0 aromatic carbocycles. The fourth-order valence-electron chi connectivity index (χ4n) is 3.13. The van der Waals surface area contributed by atoms with Crippen molar-refractivity contribution in [1.29, 1.82) is 0 Å². The second kappa shape index (κ2) is 9.21. The van der Waals surface area contributed by atoms with E-state index in [0.717, 1.165) is 18.4 Å². The third-order valence-corrected chi connectivity index (χ3v) is 4.75. The number of likely N-dealkylation sites (tertiary alicyclic amines) is 1. The van der Waals surface area contributed by atoms with Crippen molar-refractivity contribution in [2.45, 2.75) is 59.5 Å². The Morgan fingerprint density at radius 1 is 1.21 bits per heavy atom. The van der Waals surface area contributed by atoms with Crippen molar-refractivity contribution in [3.05, 3.63) is 18.0 Å². The normalized spacial score (nSPS) is 15.5. The van der Waals surface area contributed by atoms with E-state index in [2.05, 4.69) is 22.2 Å². The summed E-state index contributed by atoms with van der Waals surface area (Å²) in [5.74, 6) is 0.249. The van der Waals surface area contributed by atoms with Crippen LogP contribution < -0.4 is 5.32 Å². The molecule has 0 atom stereocenters. The monoisotopic (exact) mass is 392 g/mol. The molecule has 1 aliphatic heterocycles. The molecule has 0 saturated carbocycles. The molecule has 0 aliphatic carbocycles. The van der Waals surface area contributed by atoms with Crippen LogP contribution in [0.25, 0.3) is 0 Å². The zero-order valence-electron chi connectivity index (χ0n) is 17.6. The van der Waals surface area contributed by atoms with Gasteiger partial charge in [0.05, 0.1) is 13.0 Å². The lowest BCUT2D eigenvalue weighted by Gasteiger charge is -2.50. The topological polar surface area (TPSA) is 93.7 Å². The standard InChI is InChI=1S/C20H32N4O4/c1-6-20(13-24(14-20)18(26)28-19(3,4)5)8-9-21-17-22-11-15(12-23-17)10-16(25)27-7-2/h11-12H,6-10,13-14H2,1-5H3,(H,21,22,23). The van der Waals surface area contributed by atoms with Gasteiger partial charge in [0.1, 0.15) is 5.60 Å². The largest absolute Gasteiger partial charge is 0.466 e. The highest BCUT2D eigenvalue weighted by Gasteiger charge is 2.44. The molecule has 0 radical (unpaired) electrons. The van der Waals surface area contributed by atoms with Gasteiger partial charge in [0.25, 0.3) is 0 Å². The highest BCUT2D eigenvalue weighted by Crippen LogP contribution is 2.37. The lowest BCUT2D eigenvalue weighted by atomic mass is 9.75. The molecule has 156 valence electrons. The van der Waals surface area contributed by atoms with E-state index in [0.29, 0.717) is 32.2 Å². The Hall–Kier alpha value is -2.38. The predicted octanol–water partition coefficient (Wildman–Crippen LogP) is 3.03. The molecule has 1 aromatic heterocycles. The minimum atomic E-state index is -0.472. The van der Waals surface area contributed by atoms with Crippen molar-refractivity contribution in [3.8, 4) is 0 Å². The molecule has 1 aliphatic rings. The van der Waals surface area contributed by atoms with E-state index in [9.17, 15) is 9.59 Å². The van der Waals surface area contributed by atoms with Crippen molar-refractivity contribution < 1.29 is 19.1 Å². The third kappa shape index (κ3) is 6.35. The van der Waals surface area contributed by atoms with Gasteiger partial charge in [0.2, 0.25) is 5.95 Å². The van der Waals surface area contributed by atoms with Gasteiger partial charge < -0.3 is 19.7 Å². The fourth-order valence-corrected chi connectivity index (χ4v) is 3.13. The van der Waals surface area contributed by atoms with Crippen molar-refractivity contribution in [2.24, 2.45) is 5.41 Å². The van der Waals surface area contributed by atoms with Gasteiger partial charge in [-0.15, -0.1) is 0 Å². The Labute approximate surface area is 167 Å². The van der Waals surface area contributed by atoms with Gasteiger partial charge in [-0.05, 0) is 40.5 Å². The van der Waals surface area contributed by atoms with Crippen LogP contribution in [0.1, 0.15) is 53.0 Å². The minimum Gasteiger partial charge on any atom is -0.466 e. The maximum atomic E-state index is 12.1. The first kappa shape index (κ1) is 21.9. The molecule has 0 spiro atoms. The highest BCUT2D eigenvalue weighted by molar-refractivity contribution is 5.72. The molecule has 28 heavy (non-hydrogen) atoms. The molecule has 0 bridgehead atoms. The van der Waals surface area contributed by atoms with E-state index >= 15 is 0 Å². The first-order chi connectivity index (χ1) is 13.2. The number of amides is 1. The molecule has 2 heterocycles. The zero-order chi connectivity index (χ0) is 20.8. The summed E-state index contributed by atoms with van der Waals surface area (Å²) in [6.07, 6.45) is 5.10. The summed E-state index contributed by atoms with van der Waals surface area (Å²) in [4.78, 5) is 33.9. The summed E-state index contributed by atoms with van der Waals surface area (Å²) in [6, 6.07) is 0. The first-order valence-electron chi connectivity index (χ1n) is 9.85. The van der Waals surface area contributed by atoms with Crippen LogP contribution in [0, 0.1) is 5.41 Å². The molecular formula is C20H32N4O4. The van der Waals surface area contributed by atoms with Crippen molar-refractivity contribution in [3.63, 3.8) is 0 Å². The lowest BCUT2D eigenvalue weighted by molar-refractivity contribution is -0.142. The van der Waals surface area contributed by atoms with Gasteiger partial charge in [-0.3, -0.25) is 4.79 Å². The summed E-state index contributed by atoms with van der Waals surface area (Å²) < 4.78 is 10.3. The average molecular weight is 393 g/mol. The van der Waals surface area contributed by atoms with E-state index in [1.165, 1.54) is 0 Å². The molecule has 2 rings (SSSR count). The molecule has 1 amide bonds. The first-order valence-corrected chi connectivity index (χ1v) is 9.85. The smallest absolute Gasteiger partial charge is 0.410 e. The second-order valence-corrected chi connectivity index (χ2v) is 8.26. The molecule has 8 heteroatoms. The van der Waals surface area contributed by atoms with Gasteiger partial charge >= 0.3 is 12.1 Å². The number of aromatic nitrogens is 2. The van der Waals surface area contributed by atoms with E-state index in [4.69, 9.17) is 9.47 Å². The molecule has 1 fully saturated rings. The summed E-state index contributed by atoms with van der Waals surface area (Å²) in [5, 5.41) is 3.22. The van der Waals surface area contributed by atoms with Crippen LogP contribution in [-0.4, -0.2) is 58.8 Å². The van der Waals surface area contributed by atoms with Crippen LogP contribution in [0.2, 0.25) is 0 Å². The van der Waals surface area contributed by atoms with Crippen molar-refractivity contribution in [2.75, 3.05) is 31.6 Å². The van der Waals surface area contributed by atoms with Crippen LogP contribution in [0.5, 0.6) is 0 Å². The zero-order valence-corrected chi connectivity index (χ0v) is 17.6. The number of rotatable bonds is 8. The Kier molecular flexibility index (Phi) is 7.21. The number of nitrogens with zero attached hydrogens (tertiary/aromatic N) is 3. The van der Waals surface area contributed by atoms with Crippen LogP contribution in [0.4, 0.5) is 10.7 Å². The third-order valence-electron chi connectivity index (χ3n) is 4.75. The number of ether oxygens (including phenoxy) is 2. The van der Waals surface area contributed by atoms with E-state index in [1.807, 2.05) is 20.8 Å². The summed E-state index contributed by atoms with van der Waals surface area (Å²) in [6.45, 7) is 12.0. The summed E-state index contributed by atoms with van der Waals surface area (Å²) in [5.41, 5.74) is 0.356. The fraction of sp³-hybridized carbons (Fsp3) is 0.700. The lowest BCUT2D eigenvalue weighted by Crippen LogP contribution is -2.59. The van der Waals surface area contributed by atoms with E-state index < -0.39 is 5.60 Å². The number of nitrogens with one attached hydrogen (secondary N) is 1. The summed E-state index contributed by atoms with van der Waals surface area (Å²) in [7, 11) is 0. The Balaban J connectivity index is 1.76. The van der Waals surface area contributed by atoms with Crippen LogP contribution >= 0.6 is 0 Å². The quantitative estimate of drug-likeness (QED) is 0.680. The number of anilines is 1. The number of carbonyl (C=O) groups excluding carboxylic acids is 2. The maximum Gasteiger partial charge on any atom is 0.410 e. The Bertz CT molecular complexity index is 664. The SMILES string of the molecule is CCOC(=O)Cc1cnc(NCCC2(CC)CN(C(=O)OC(C)(C)C)C2)nc1. The van der Waals surface area contributed by atoms with Crippen LogP contribution in [-0.2, 0) is 20.7 Å². The second-order valence-electron chi connectivity index (χ2n) is 8.26. The average Bonchev–Trinajstić information content (AvgIpc) is 2.57. The molecule has 1 N–H and O–H groups in total. The predicted molar refractivity (Wildman–Crippen MR) is 106 cm³/mol. The minimum absolute atomic E-state index is 0.105. The van der Waals surface area contributed by atoms with Gasteiger partial charge in [0, 0.05) is 43.0 Å². The highest BCUT2D eigenvalue weighted by atomic mass is 16.6. The van der Waals surface area contributed by atoms with Gasteiger partial charge in [-0.2, -0.15) is 0 Å². The van der Waals surface area contributed by atoms with Gasteiger partial charge in [0.15, 0.2) is 0 Å². The van der Waals surface area contributed by atoms with Crippen molar-refractivity contribution >= 4 is 18.0 Å². The molecule has 0 unspecified atom stereocenters. The Morgan fingerprint density at radius 2 is 1.86 bits per heavy atom. The molecule has 1 aromatic rings. The number of esters is 1. The molecule has 1 saturated heterocycles. The molecular weight excluding hydrogens is 360 g/mol. The number of hydrogen-bond acceptors (Lipinski definition) is 7. The van der Waals surface area contributed by atoms with Gasteiger partial charge in [-0.25, -0.2) is 14.8 Å². The Morgan fingerprint density at radius 3 is 2.39 bits per heavy atom. The van der Waals surface area contributed by atoms with Crippen molar-refractivity contribution in [1.82, 2.24) is 14.9 Å². The van der Waals surface area contributed by atoms with E-state index in [-0.39, 0.29) is 23.9 Å². The van der Waals surface area contributed by atoms with Gasteiger partial charge in [-0.1, -0.05) is 6.92 Å². The maximum absolute atomic E-state index is 12.1. The summed E-state index contributed by atoms with van der Waals surface area (Å²) >= 11 is 0. The van der Waals surface area contributed by atoms with Crippen LogP contribution in [0.15, 0.2) is 12.4 Å².